The first kappa shape index (κ1) is 12.0. The molecular weight excluding hydrogens is 210 g/mol. The van der Waals surface area contributed by atoms with E-state index in [-0.39, 0.29) is 17.9 Å². The van der Waals surface area contributed by atoms with Gasteiger partial charge in [0.1, 0.15) is 0 Å². The van der Waals surface area contributed by atoms with Crippen LogP contribution in [0.5, 0.6) is 0 Å². The number of amides is 2. The Kier molecular flexibility index (Phi) is 4.26. The molecule has 16 heavy (non-hydrogen) atoms. The molecule has 1 rings (SSSR count). The molecule has 0 unspecified atom stereocenters. The Labute approximate surface area is 91.9 Å². The molecule has 0 aliphatic heterocycles. The standard InChI is InChI=1S/C10H13N3O3/c11-8(14)2-1-4-13-10(16)7-3-5-12-9(15)6-7/h3,5-6H,1-2,4H2,(H2,11,14)(H,12,15)(H,13,16). The summed E-state index contributed by atoms with van der Waals surface area (Å²) in [5.41, 5.74) is 4.91. The SMILES string of the molecule is NC(=O)CCCNC(=O)c1cc[nH]c(=O)c1. The Morgan fingerprint density at radius 1 is 1.44 bits per heavy atom. The van der Waals surface area contributed by atoms with Crippen LogP contribution in [-0.2, 0) is 4.79 Å². The van der Waals surface area contributed by atoms with Gasteiger partial charge in [-0.05, 0) is 12.5 Å². The lowest BCUT2D eigenvalue weighted by Gasteiger charge is -2.03. The van der Waals surface area contributed by atoms with Crippen LogP contribution in [0.15, 0.2) is 23.1 Å². The Hall–Kier alpha value is -2.11. The van der Waals surface area contributed by atoms with Crippen LogP contribution in [0, 0.1) is 0 Å². The molecule has 0 saturated heterocycles. The number of pyridine rings is 1. The van der Waals surface area contributed by atoms with Crippen molar-refractivity contribution in [1.29, 1.82) is 0 Å². The minimum absolute atomic E-state index is 0.232. The van der Waals surface area contributed by atoms with Crippen LogP contribution in [0.2, 0.25) is 0 Å². The molecule has 6 nitrogen and oxygen atoms in total. The summed E-state index contributed by atoms with van der Waals surface area (Å²) in [4.78, 5) is 35.2. The summed E-state index contributed by atoms with van der Waals surface area (Å²) in [6.07, 6.45) is 2.13. The molecule has 86 valence electrons. The normalized spacial score (nSPS) is 9.75. The zero-order valence-corrected chi connectivity index (χ0v) is 8.66. The fraction of sp³-hybridized carbons (Fsp3) is 0.300. The molecule has 4 N–H and O–H groups in total. The van der Waals surface area contributed by atoms with E-state index in [0.717, 1.165) is 0 Å². The van der Waals surface area contributed by atoms with E-state index in [9.17, 15) is 14.4 Å². The van der Waals surface area contributed by atoms with Gasteiger partial charge in [-0.25, -0.2) is 0 Å². The van der Waals surface area contributed by atoms with Gasteiger partial charge in [-0.1, -0.05) is 0 Å². The topological polar surface area (TPSA) is 105 Å². The van der Waals surface area contributed by atoms with Crippen molar-refractivity contribution in [3.8, 4) is 0 Å². The highest BCUT2D eigenvalue weighted by atomic mass is 16.2. The van der Waals surface area contributed by atoms with Crippen LogP contribution >= 0.6 is 0 Å². The average molecular weight is 223 g/mol. The lowest BCUT2D eigenvalue weighted by atomic mass is 10.2. The third kappa shape index (κ3) is 3.95. The lowest BCUT2D eigenvalue weighted by Crippen LogP contribution is -2.26. The summed E-state index contributed by atoms with van der Waals surface area (Å²) in [7, 11) is 0. The highest BCUT2D eigenvalue weighted by Crippen LogP contribution is 1.93. The molecule has 1 aromatic rings. The van der Waals surface area contributed by atoms with Crippen LogP contribution in [0.1, 0.15) is 23.2 Å². The Balaban J connectivity index is 2.41. The second-order valence-electron chi connectivity index (χ2n) is 3.27. The smallest absolute Gasteiger partial charge is 0.251 e. The molecule has 1 heterocycles. The molecule has 0 radical (unpaired) electrons. The second kappa shape index (κ2) is 5.69. The molecule has 0 fully saturated rings. The third-order valence-electron chi connectivity index (χ3n) is 1.92. The van der Waals surface area contributed by atoms with Crippen LogP contribution in [-0.4, -0.2) is 23.3 Å². The molecule has 0 aliphatic carbocycles. The molecule has 0 aromatic carbocycles. The maximum atomic E-state index is 11.5. The molecule has 0 atom stereocenters. The van der Waals surface area contributed by atoms with Gasteiger partial charge in [0.2, 0.25) is 11.5 Å². The fourth-order valence-corrected chi connectivity index (χ4v) is 1.15. The van der Waals surface area contributed by atoms with Crippen LogP contribution in [0.25, 0.3) is 0 Å². The average Bonchev–Trinajstić information content (AvgIpc) is 2.24. The predicted molar refractivity (Wildman–Crippen MR) is 57.8 cm³/mol. The third-order valence-corrected chi connectivity index (χ3v) is 1.92. The molecular formula is C10H13N3O3. The summed E-state index contributed by atoms with van der Waals surface area (Å²) >= 11 is 0. The number of nitrogens with two attached hydrogens (primary N) is 1. The maximum absolute atomic E-state index is 11.5. The van der Waals surface area contributed by atoms with Crippen LogP contribution in [0.3, 0.4) is 0 Å². The number of carbonyl (C=O) groups is 2. The van der Waals surface area contributed by atoms with Gasteiger partial charge in [-0.15, -0.1) is 0 Å². The van der Waals surface area contributed by atoms with Crippen molar-refractivity contribution >= 4 is 11.8 Å². The van der Waals surface area contributed by atoms with E-state index in [1.807, 2.05) is 0 Å². The first-order valence-corrected chi connectivity index (χ1v) is 4.85. The summed E-state index contributed by atoms with van der Waals surface area (Å²) in [5.74, 6) is -0.735. The van der Waals surface area contributed by atoms with E-state index in [2.05, 4.69) is 10.3 Å². The molecule has 6 heteroatoms. The monoisotopic (exact) mass is 223 g/mol. The van der Waals surface area contributed by atoms with Gasteiger partial charge in [0.25, 0.3) is 5.91 Å². The first-order chi connectivity index (χ1) is 7.59. The number of carbonyl (C=O) groups excluding carboxylic acids is 2. The fourth-order valence-electron chi connectivity index (χ4n) is 1.15. The number of aromatic nitrogens is 1. The number of nitrogens with one attached hydrogen (secondary N) is 2. The first-order valence-electron chi connectivity index (χ1n) is 4.85. The maximum Gasteiger partial charge on any atom is 0.251 e. The van der Waals surface area contributed by atoms with Crippen LogP contribution < -0.4 is 16.6 Å². The van der Waals surface area contributed by atoms with Crippen molar-refractivity contribution in [3.05, 3.63) is 34.2 Å². The summed E-state index contributed by atoms with van der Waals surface area (Å²) in [6, 6.07) is 2.72. The summed E-state index contributed by atoms with van der Waals surface area (Å²) in [6.45, 7) is 0.356. The minimum atomic E-state index is -0.398. The number of rotatable bonds is 5. The molecule has 2 amide bonds. The van der Waals surface area contributed by atoms with Gasteiger partial charge in [-0.2, -0.15) is 0 Å². The van der Waals surface area contributed by atoms with Crippen LogP contribution in [0.4, 0.5) is 0 Å². The van der Waals surface area contributed by atoms with Gasteiger partial charge in [0.05, 0.1) is 0 Å². The number of H-pyrrole nitrogens is 1. The largest absolute Gasteiger partial charge is 0.370 e. The Bertz CT molecular complexity index is 439. The van der Waals surface area contributed by atoms with Crippen molar-refractivity contribution in [2.45, 2.75) is 12.8 Å². The van der Waals surface area contributed by atoms with E-state index in [4.69, 9.17) is 5.73 Å². The van der Waals surface area contributed by atoms with E-state index in [0.29, 0.717) is 18.5 Å². The number of aromatic amines is 1. The van der Waals surface area contributed by atoms with Gasteiger partial charge in [0.15, 0.2) is 0 Å². The predicted octanol–water partition coefficient (Wildman–Crippen LogP) is -0.630. The second-order valence-corrected chi connectivity index (χ2v) is 3.27. The molecule has 1 aromatic heterocycles. The van der Waals surface area contributed by atoms with Crippen molar-refractivity contribution in [3.63, 3.8) is 0 Å². The van der Waals surface area contributed by atoms with Gasteiger partial charge in [0, 0.05) is 30.8 Å². The highest BCUT2D eigenvalue weighted by molar-refractivity contribution is 5.93. The quantitative estimate of drug-likeness (QED) is 0.579. The molecule has 0 spiro atoms. The van der Waals surface area contributed by atoms with E-state index in [1.54, 1.807) is 0 Å². The Morgan fingerprint density at radius 2 is 2.19 bits per heavy atom. The van der Waals surface area contributed by atoms with Gasteiger partial charge in [-0.3, -0.25) is 14.4 Å². The molecule has 0 bridgehead atoms. The zero-order valence-electron chi connectivity index (χ0n) is 8.66. The van der Waals surface area contributed by atoms with E-state index >= 15 is 0 Å². The van der Waals surface area contributed by atoms with Crippen molar-refractivity contribution in [1.82, 2.24) is 10.3 Å². The van der Waals surface area contributed by atoms with Crippen molar-refractivity contribution in [2.75, 3.05) is 6.54 Å². The summed E-state index contributed by atoms with van der Waals surface area (Å²) in [5, 5.41) is 2.58. The summed E-state index contributed by atoms with van der Waals surface area (Å²) < 4.78 is 0. The molecule has 0 aliphatic rings. The van der Waals surface area contributed by atoms with Gasteiger partial charge < -0.3 is 16.0 Å². The number of hydrogen-bond acceptors (Lipinski definition) is 3. The van der Waals surface area contributed by atoms with E-state index in [1.165, 1.54) is 18.3 Å². The number of hydrogen-bond donors (Lipinski definition) is 3. The molecule has 0 saturated carbocycles. The minimum Gasteiger partial charge on any atom is -0.370 e. The van der Waals surface area contributed by atoms with Crippen molar-refractivity contribution < 1.29 is 9.59 Å². The number of primary amides is 1. The van der Waals surface area contributed by atoms with E-state index < -0.39 is 5.91 Å². The Morgan fingerprint density at radius 3 is 2.81 bits per heavy atom. The zero-order chi connectivity index (χ0) is 12.0. The highest BCUT2D eigenvalue weighted by Gasteiger charge is 2.04. The van der Waals surface area contributed by atoms with Crippen molar-refractivity contribution in [2.24, 2.45) is 5.73 Å². The lowest BCUT2D eigenvalue weighted by molar-refractivity contribution is -0.118. The van der Waals surface area contributed by atoms with Gasteiger partial charge >= 0.3 is 0 Å².